The van der Waals surface area contributed by atoms with Crippen LogP contribution in [0, 0.1) is 47.3 Å². The summed E-state index contributed by atoms with van der Waals surface area (Å²) in [5, 5.41) is 37.5. The maximum Gasteiger partial charge on any atom is 0.175 e. The molecule has 15 rings (SSSR count). The van der Waals surface area contributed by atoms with Crippen LogP contribution in [0.3, 0.4) is 0 Å². The van der Waals surface area contributed by atoms with Crippen molar-refractivity contribution in [3.63, 3.8) is 0 Å². The number of rotatable bonds is 6. The number of carbonyl (C=O) groups excluding carboxylic acids is 5. The van der Waals surface area contributed by atoms with Crippen LogP contribution in [-0.4, -0.2) is 84.6 Å². The zero-order valence-electron chi connectivity index (χ0n) is 52.7. The molecule has 0 saturated heterocycles. The van der Waals surface area contributed by atoms with Crippen LogP contribution in [0.15, 0.2) is 159 Å². The van der Waals surface area contributed by atoms with E-state index in [1.807, 2.05) is 107 Å². The third kappa shape index (κ3) is 14.5. The van der Waals surface area contributed by atoms with Crippen LogP contribution < -0.4 is 4.74 Å². The number of allylic oxidation sites excluding steroid dienone is 11. The van der Waals surface area contributed by atoms with Crippen molar-refractivity contribution in [2.45, 2.75) is 120 Å². The van der Waals surface area contributed by atoms with E-state index >= 15 is 0 Å². The summed E-state index contributed by atoms with van der Waals surface area (Å²) in [5.41, 5.74) is 11.4. The van der Waals surface area contributed by atoms with Crippen molar-refractivity contribution >= 4 is 183 Å². The van der Waals surface area contributed by atoms with E-state index < -0.39 is 4.32 Å². The van der Waals surface area contributed by atoms with Crippen molar-refractivity contribution in [2.24, 2.45) is 47.3 Å². The Bertz CT molecular complexity index is 4010. The molecule has 10 nitrogen and oxygen atoms in total. The van der Waals surface area contributed by atoms with Crippen LogP contribution in [0.5, 0.6) is 28.7 Å². The van der Waals surface area contributed by atoms with Crippen LogP contribution in [0.2, 0.25) is 0 Å². The Morgan fingerprint density at radius 2 is 0.821 bits per heavy atom. The van der Waals surface area contributed by atoms with Crippen LogP contribution >= 0.6 is 126 Å². The lowest BCUT2D eigenvalue weighted by molar-refractivity contribution is -0.118. The summed E-state index contributed by atoms with van der Waals surface area (Å²) in [6.07, 6.45) is 11.2. The summed E-state index contributed by atoms with van der Waals surface area (Å²) < 4.78 is 6.36. The molecule has 5 fully saturated rings. The predicted octanol–water partition coefficient (Wildman–Crippen LogP) is 20.0. The first kappa shape index (κ1) is 71.7. The summed E-state index contributed by atoms with van der Waals surface area (Å²) in [6, 6.07) is 35.8. The topological polar surface area (TPSA) is 176 Å². The molecule has 95 heavy (non-hydrogen) atoms. The number of methoxy groups -OCH3 is 1. The number of Topliss-reactive ketones (excluding diaryl/α,β-unsaturated/α-hetero) is 3. The number of halogens is 9. The third-order valence-corrected chi connectivity index (χ3v) is 26.5. The minimum Gasteiger partial charge on any atom is -0.508 e. The van der Waals surface area contributed by atoms with Gasteiger partial charge in [-0.2, -0.15) is 0 Å². The number of benzene rings is 5. The third-order valence-electron chi connectivity index (χ3n) is 20.4. The van der Waals surface area contributed by atoms with E-state index in [4.69, 9.17) is 51.1 Å². The number of aromatic hydroxyl groups is 4. The molecule has 0 aliphatic heterocycles. The SMILES string of the molecule is C=C1CC2C(=O)C=C(c3ccc(OC)cc3)C2C1.C[C@@]1(Cl)C[C@@H]2C(c3ccc(O)cc3)=C(Br)C(=O)[C@@H]2C1.C[C@@]1(Cl)C[C@H]2C(=O)C(Br)=C(c3ccc(O)cc3)C2(Br)C1.C[C@]1(Cl)C[C@@H]2C(c3ccc(O)cc3)=C(Br)C(=O)[C@@H]2C1.C[C@]1(Cl)C[C@H]2C(=O)C=C(c3ccc(O)cc3)C2(Br)C1. The van der Waals surface area contributed by atoms with Crippen molar-refractivity contribution in [2.75, 3.05) is 7.11 Å². The summed E-state index contributed by atoms with van der Waals surface area (Å²) in [5.74, 6) is 3.24. The van der Waals surface area contributed by atoms with Gasteiger partial charge in [0.2, 0.25) is 0 Å². The van der Waals surface area contributed by atoms with Crippen LogP contribution in [-0.2, 0) is 24.0 Å². The Morgan fingerprint density at radius 1 is 0.432 bits per heavy atom. The van der Waals surface area contributed by atoms with Gasteiger partial charge < -0.3 is 25.2 Å². The van der Waals surface area contributed by atoms with Gasteiger partial charge in [-0.25, -0.2) is 0 Å². The molecule has 498 valence electrons. The summed E-state index contributed by atoms with van der Waals surface area (Å²) in [4.78, 5) is 60.0. The second-order valence-electron chi connectivity index (χ2n) is 28.0. The summed E-state index contributed by atoms with van der Waals surface area (Å²) in [7, 11) is 1.66. The lowest BCUT2D eigenvalue weighted by Gasteiger charge is -2.26. The second-order valence-corrected chi connectivity index (χ2v) is 36.8. The van der Waals surface area contributed by atoms with E-state index in [-0.39, 0.29) is 117 Å². The largest absolute Gasteiger partial charge is 0.508 e. The number of ketones is 5. The predicted molar refractivity (Wildman–Crippen MR) is 398 cm³/mol. The van der Waals surface area contributed by atoms with Gasteiger partial charge in [-0.05, 0) is 286 Å². The molecule has 19 heteroatoms. The average molecular weight is 1690 g/mol. The molecule has 0 aromatic heterocycles. The van der Waals surface area contributed by atoms with Crippen molar-refractivity contribution in [3.8, 4) is 28.7 Å². The Hall–Kier alpha value is -4.55. The zero-order valence-corrected chi connectivity index (χ0v) is 63.7. The fraction of sp³-hybridized carbons (Fsp3) is 0.382. The quantitative estimate of drug-likeness (QED) is 0.0946. The Balaban J connectivity index is 0.000000121. The van der Waals surface area contributed by atoms with Gasteiger partial charge in [0.05, 0.1) is 29.2 Å². The van der Waals surface area contributed by atoms with E-state index in [0.29, 0.717) is 38.6 Å². The molecular weight excluding hydrogens is 1610 g/mol. The highest BCUT2D eigenvalue weighted by atomic mass is 79.9. The molecule has 0 radical (unpaired) electrons. The number of ether oxygens (including phenoxy) is 1. The Morgan fingerprint density at radius 3 is 1.27 bits per heavy atom. The van der Waals surface area contributed by atoms with E-state index in [9.17, 15) is 44.4 Å². The van der Waals surface area contributed by atoms with Crippen LogP contribution in [0.25, 0.3) is 27.9 Å². The molecule has 10 aliphatic rings. The average Bonchev–Trinajstić information content (AvgIpc) is 1.78. The smallest absolute Gasteiger partial charge is 0.175 e. The van der Waals surface area contributed by atoms with E-state index in [1.54, 1.807) is 61.7 Å². The summed E-state index contributed by atoms with van der Waals surface area (Å²) in [6.45, 7) is 12.0. The Labute approximate surface area is 616 Å². The molecule has 10 aliphatic carbocycles. The molecule has 0 spiro atoms. The normalized spacial score (nSPS) is 33.7. The molecule has 14 atom stereocenters. The highest BCUT2D eigenvalue weighted by Gasteiger charge is 2.61. The molecule has 0 bridgehead atoms. The lowest BCUT2D eigenvalue weighted by atomic mass is 9.90. The summed E-state index contributed by atoms with van der Waals surface area (Å²) >= 11 is 43.7. The number of hydrogen-bond donors (Lipinski definition) is 4. The van der Waals surface area contributed by atoms with Gasteiger partial charge >= 0.3 is 0 Å². The van der Waals surface area contributed by atoms with Crippen molar-refractivity contribution in [3.05, 3.63) is 187 Å². The van der Waals surface area contributed by atoms with Gasteiger partial charge in [0.15, 0.2) is 28.9 Å². The molecule has 5 saturated carbocycles. The maximum absolute atomic E-state index is 12.5. The minimum absolute atomic E-state index is 0.000628. The molecule has 0 amide bonds. The molecule has 5 aromatic carbocycles. The first-order valence-corrected chi connectivity index (χ1v) is 37.0. The second kappa shape index (κ2) is 27.2. The molecule has 5 aromatic rings. The van der Waals surface area contributed by atoms with Gasteiger partial charge in [-0.1, -0.05) is 105 Å². The number of phenols is 4. The number of hydrogen-bond acceptors (Lipinski definition) is 10. The van der Waals surface area contributed by atoms with E-state index in [2.05, 4.69) is 86.2 Å². The fourth-order valence-electron chi connectivity index (χ4n) is 16.3. The van der Waals surface area contributed by atoms with Gasteiger partial charge in [0.25, 0.3) is 0 Å². The number of phenolic OH excluding ortho intramolecular Hbond substituents is 4. The fourth-order valence-corrected chi connectivity index (χ4v) is 23.5. The molecule has 4 N–H and O–H groups in total. The maximum atomic E-state index is 12.5. The highest BCUT2D eigenvalue weighted by Crippen LogP contribution is 2.64. The van der Waals surface area contributed by atoms with E-state index in [1.165, 1.54) is 11.1 Å². The van der Waals surface area contributed by atoms with Crippen molar-refractivity contribution in [1.82, 2.24) is 0 Å². The van der Waals surface area contributed by atoms with Gasteiger partial charge in [0, 0.05) is 49.1 Å². The van der Waals surface area contributed by atoms with Gasteiger partial charge in [-0.3, -0.25) is 24.0 Å². The zero-order chi connectivity index (χ0) is 68.8. The van der Waals surface area contributed by atoms with Crippen LogP contribution in [0.1, 0.15) is 120 Å². The first-order chi connectivity index (χ1) is 44.5. The van der Waals surface area contributed by atoms with Crippen molar-refractivity contribution in [1.29, 1.82) is 0 Å². The number of fused-ring (bicyclic) bond motifs is 5. The standard InChI is InChI=1S/C16H16O2.C15H13Br2ClO2.3C15H14BrClO2/c1-10-7-14-13(9-16(17)15(14)8-10)11-3-5-12(18-2)6-4-11;1-14(18)6-10-13(20)12(16)11(15(10,17)7-14)8-2-4-9(19)5-3-8;1-14(17)7-12-13(19)6-11(15(12,16)8-14)9-2-4-10(18)5-3-9;2*1-15(17)6-10-11(7-15)14(19)13(16)12(10)8-2-4-9(18)5-3-8/h3-6,9,14-15H,1,7-8H2,2H3;2-5,10,19H,6-7H2,1H3;2-6,12,18H,7-8H2,1H3;2*2-5,10-11,18H,6-7H2,1H3/t;10-,14+,15?;12-,14-,15?;10-,11+,15+;10-,11+,15-/m.0000/s1. The van der Waals surface area contributed by atoms with Crippen molar-refractivity contribution < 1.29 is 49.1 Å². The lowest BCUT2D eigenvalue weighted by Crippen LogP contribution is -2.26. The monoisotopic (exact) mass is 1680 g/mol. The molecule has 0 heterocycles. The minimum atomic E-state index is -0.420. The first-order valence-electron chi connectivity index (χ1n) is 31.5. The van der Waals surface area contributed by atoms with Gasteiger partial charge in [-0.15, -0.1) is 46.4 Å². The molecule has 4 unspecified atom stereocenters. The van der Waals surface area contributed by atoms with Crippen LogP contribution in [0.4, 0.5) is 0 Å². The number of alkyl halides is 6. The molecular formula is C76H71Br5Cl4O10. The Kier molecular flexibility index (Phi) is 20.5. The van der Waals surface area contributed by atoms with Gasteiger partial charge in [0.1, 0.15) is 28.7 Å². The number of carbonyl (C=O) groups is 5. The van der Waals surface area contributed by atoms with E-state index in [0.717, 1.165) is 101 Å². The highest BCUT2D eigenvalue weighted by molar-refractivity contribution is 9.12.